The Kier molecular flexibility index (Phi) is 5.38. The van der Waals surface area contributed by atoms with Crippen LogP contribution in [-0.2, 0) is 0 Å². The Labute approximate surface area is 148 Å². The van der Waals surface area contributed by atoms with Crippen molar-refractivity contribution < 1.29 is 9.90 Å². The molecule has 1 saturated carbocycles. The second-order valence-electron chi connectivity index (χ2n) is 6.88. The van der Waals surface area contributed by atoms with Gasteiger partial charge in [0, 0.05) is 18.9 Å². The van der Waals surface area contributed by atoms with E-state index in [1.807, 2.05) is 43.5 Å². The average molecular weight is 342 g/mol. The minimum Gasteiger partial charge on any atom is -0.388 e. The second kappa shape index (κ2) is 7.70. The fourth-order valence-electron chi connectivity index (χ4n) is 3.32. The molecule has 0 radical (unpaired) electrons. The summed E-state index contributed by atoms with van der Waals surface area (Å²) >= 11 is 0. The van der Waals surface area contributed by atoms with Crippen LogP contribution < -0.4 is 10.6 Å². The first-order chi connectivity index (χ1) is 12.1. The molecule has 2 aromatic rings. The minimum absolute atomic E-state index is 0.142. The van der Waals surface area contributed by atoms with Gasteiger partial charge in [0.2, 0.25) is 0 Å². The summed E-state index contributed by atoms with van der Waals surface area (Å²) in [4.78, 5) is 12.2. The number of nitrogens with one attached hydrogen (secondary N) is 2. The van der Waals surface area contributed by atoms with Crippen LogP contribution in [0.5, 0.6) is 0 Å². The Hall–Kier alpha value is -2.34. The number of rotatable bonds is 5. The van der Waals surface area contributed by atoms with Crippen molar-refractivity contribution in [1.29, 1.82) is 0 Å². The van der Waals surface area contributed by atoms with Gasteiger partial charge in [-0.15, -0.1) is 0 Å². The Morgan fingerprint density at radius 2 is 2.12 bits per heavy atom. The summed E-state index contributed by atoms with van der Waals surface area (Å²) in [5.74, 6) is 0. The SMILES string of the molecule is CC(NC(=O)NCC1(O)CCCCC1)c1cccc(-n2cccn2)c1. The van der Waals surface area contributed by atoms with Crippen molar-refractivity contribution >= 4 is 6.03 Å². The maximum absolute atomic E-state index is 12.2. The van der Waals surface area contributed by atoms with Gasteiger partial charge in [-0.05, 0) is 43.5 Å². The molecule has 1 unspecified atom stereocenters. The zero-order valence-electron chi connectivity index (χ0n) is 14.6. The topological polar surface area (TPSA) is 79.2 Å². The molecule has 1 heterocycles. The molecule has 6 heteroatoms. The average Bonchev–Trinajstić information content (AvgIpc) is 3.16. The summed E-state index contributed by atoms with van der Waals surface area (Å²) in [5.41, 5.74) is 1.20. The van der Waals surface area contributed by atoms with E-state index in [1.54, 1.807) is 10.9 Å². The maximum Gasteiger partial charge on any atom is 0.315 e. The van der Waals surface area contributed by atoms with Crippen LogP contribution in [0.1, 0.15) is 50.6 Å². The number of carbonyl (C=O) groups excluding carboxylic acids is 1. The van der Waals surface area contributed by atoms with E-state index in [0.29, 0.717) is 6.54 Å². The van der Waals surface area contributed by atoms with Gasteiger partial charge in [-0.25, -0.2) is 9.48 Å². The predicted molar refractivity (Wildman–Crippen MR) is 96.5 cm³/mol. The molecule has 1 aliphatic rings. The van der Waals surface area contributed by atoms with Gasteiger partial charge >= 0.3 is 6.03 Å². The summed E-state index contributed by atoms with van der Waals surface area (Å²) < 4.78 is 1.79. The third-order valence-electron chi connectivity index (χ3n) is 4.85. The first-order valence-corrected chi connectivity index (χ1v) is 8.92. The molecule has 6 nitrogen and oxygen atoms in total. The molecule has 2 amide bonds. The predicted octanol–water partition coefficient (Wildman–Crippen LogP) is 2.93. The van der Waals surface area contributed by atoms with E-state index in [9.17, 15) is 9.90 Å². The monoisotopic (exact) mass is 342 g/mol. The van der Waals surface area contributed by atoms with Gasteiger partial charge in [-0.3, -0.25) is 0 Å². The Bertz CT molecular complexity index is 693. The number of hydrogen-bond donors (Lipinski definition) is 3. The third kappa shape index (κ3) is 4.60. The highest BCUT2D eigenvalue weighted by atomic mass is 16.3. The first kappa shape index (κ1) is 17.5. The minimum atomic E-state index is -0.751. The number of aromatic nitrogens is 2. The molecule has 0 saturated heterocycles. The van der Waals surface area contributed by atoms with Crippen LogP contribution in [0.3, 0.4) is 0 Å². The quantitative estimate of drug-likeness (QED) is 0.782. The van der Waals surface area contributed by atoms with Crippen LogP contribution in [0.25, 0.3) is 5.69 Å². The molecule has 3 N–H and O–H groups in total. The molecule has 1 fully saturated rings. The molecule has 1 aliphatic carbocycles. The highest BCUT2D eigenvalue weighted by Crippen LogP contribution is 2.27. The lowest BCUT2D eigenvalue weighted by atomic mass is 9.85. The van der Waals surface area contributed by atoms with Gasteiger partial charge in [0.1, 0.15) is 0 Å². The number of aliphatic hydroxyl groups is 1. The molecule has 134 valence electrons. The van der Waals surface area contributed by atoms with E-state index in [-0.39, 0.29) is 12.1 Å². The van der Waals surface area contributed by atoms with Crippen molar-refractivity contribution in [2.75, 3.05) is 6.54 Å². The van der Waals surface area contributed by atoms with Gasteiger partial charge in [0.25, 0.3) is 0 Å². The molecule has 0 spiro atoms. The van der Waals surface area contributed by atoms with Crippen LogP contribution in [0.15, 0.2) is 42.7 Å². The third-order valence-corrected chi connectivity index (χ3v) is 4.85. The molecule has 1 aromatic carbocycles. The van der Waals surface area contributed by atoms with E-state index in [1.165, 1.54) is 0 Å². The zero-order valence-corrected chi connectivity index (χ0v) is 14.6. The number of benzene rings is 1. The number of amides is 2. The van der Waals surface area contributed by atoms with Gasteiger partial charge in [0.05, 0.1) is 17.3 Å². The van der Waals surface area contributed by atoms with Crippen molar-refractivity contribution in [1.82, 2.24) is 20.4 Å². The highest BCUT2D eigenvalue weighted by molar-refractivity contribution is 5.74. The van der Waals surface area contributed by atoms with Crippen LogP contribution in [0, 0.1) is 0 Å². The van der Waals surface area contributed by atoms with E-state index in [0.717, 1.165) is 43.4 Å². The van der Waals surface area contributed by atoms with E-state index in [4.69, 9.17) is 0 Å². The fraction of sp³-hybridized carbons (Fsp3) is 0.474. The molecule has 1 aromatic heterocycles. The Morgan fingerprint density at radius 3 is 2.84 bits per heavy atom. The highest BCUT2D eigenvalue weighted by Gasteiger charge is 2.29. The normalized spacial score (nSPS) is 17.7. The van der Waals surface area contributed by atoms with Gasteiger partial charge in [0.15, 0.2) is 0 Å². The number of urea groups is 1. The van der Waals surface area contributed by atoms with Crippen LogP contribution in [0.4, 0.5) is 4.79 Å². The van der Waals surface area contributed by atoms with Crippen LogP contribution >= 0.6 is 0 Å². The molecule has 1 atom stereocenters. The summed E-state index contributed by atoms with van der Waals surface area (Å²) in [6.45, 7) is 2.25. The number of nitrogens with zero attached hydrogens (tertiary/aromatic N) is 2. The molecule has 3 rings (SSSR count). The second-order valence-corrected chi connectivity index (χ2v) is 6.88. The van der Waals surface area contributed by atoms with Crippen molar-refractivity contribution in [2.45, 2.75) is 50.7 Å². The number of hydrogen-bond acceptors (Lipinski definition) is 3. The van der Waals surface area contributed by atoms with Gasteiger partial charge in [-0.2, -0.15) is 5.10 Å². The van der Waals surface area contributed by atoms with Gasteiger partial charge in [-0.1, -0.05) is 31.4 Å². The smallest absolute Gasteiger partial charge is 0.315 e. The summed E-state index contributed by atoms with van der Waals surface area (Å²) in [6.07, 6.45) is 8.35. The van der Waals surface area contributed by atoms with Gasteiger partial charge < -0.3 is 15.7 Å². The largest absolute Gasteiger partial charge is 0.388 e. The van der Waals surface area contributed by atoms with E-state index in [2.05, 4.69) is 15.7 Å². The van der Waals surface area contributed by atoms with Crippen LogP contribution in [0.2, 0.25) is 0 Å². The lowest BCUT2D eigenvalue weighted by Crippen LogP contribution is -2.47. The molecule has 25 heavy (non-hydrogen) atoms. The Morgan fingerprint density at radius 1 is 1.32 bits per heavy atom. The van der Waals surface area contributed by atoms with Crippen molar-refractivity contribution in [3.05, 3.63) is 48.3 Å². The van der Waals surface area contributed by atoms with Crippen molar-refractivity contribution in [2.24, 2.45) is 0 Å². The van der Waals surface area contributed by atoms with E-state index < -0.39 is 5.60 Å². The standard InChI is InChI=1S/C19H26N4O2/c1-15(16-7-5-8-17(13-16)23-12-6-11-21-23)22-18(24)20-14-19(25)9-3-2-4-10-19/h5-8,11-13,15,25H,2-4,9-10,14H2,1H3,(H2,20,22,24). The lowest BCUT2D eigenvalue weighted by molar-refractivity contribution is 0.00714. The first-order valence-electron chi connectivity index (χ1n) is 8.92. The lowest BCUT2D eigenvalue weighted by Gasteiger charge is -2.32. The van der Waals surface area contributed by atoms with E-state index >= 15 is 0 Å². The molecular weight excluding hydrogens is 316 g/mol. The maximum atomic E-state index is 12.2. The Balaban J connectivity index is 1.55. The zero-order chi connectivity index (χ0) is 17.7. The molecular formula is C19H26N4O2. The van der Waals surface area contributed by atoms with Crippen molar-refractivity contribution in [3.63, 3.8) is 0 Å². The van der Waals surface area contributed by atoms with Crippen molar-refractivity contribution in [3.8, 4) is 5.69 Å². The summed E-state index contributed by atoms with van der Waals surface area (Å²) in [5, 5.41) is 20.4. The summed E-state index contributed by atoms with van der Waals surface area (Å²) in [6, 6.07) is 9.39. The molecule has 0 bridgehead atoms. The fourth-order valence-corrected chi connectivity index (χ4v) is 3.32. The summed E-state index contributed by atoms with van der Waals surface area (Å²) in [7, 11) is 0. The number of carbonyl (C=O) groups is 1. The molecule has 0 aliphatic heterocycles. The van der Waals surface area contributed by atoms with Crippen LogP contribution in [-0.4, -0.2) is 33.1 Å².